The molecule has 5 saturated carbocycles. The van der Waals surface area contributed by atoms with E-state index in [1.165, 1.54) is 77.0 Å². The average Bonchev–Trinajstić information content (AvgIpc) is 3.75. The first kappa shape index (κ1) is 43.1. The van der Waals surface area contributed by atoms with Gasteiger partial charge in [-0.2, -0.15) is 0 Å². The predicted molar refractivity (Wildman–Crippen MR) is 214 cm³/mol. The number of aliphatic hydroxyl groups excluding tert-OH is 2. The Morgan fingerprint density at radius 1 is 0.868 bits per heavy atom. The quantitative estimate of drug-likeness (QED) is 0.0711. The molecule has 53 heavy (non-hydrogen) atoms. The number of ether oxygens (including phenoxy) is 1. The Hall–Kier alpha value is -0.980. The van der Waals surface area contributed by atoms with Crippen LogP contribution < -0.4 is 0 Å². The zero-order valence-corrected chi connectivity index (χ0v) is 34.9. The van der Waals surface area contributed by atoms with Crippen LogP contribution >= 0.6 is 0 Å². The third-order valence-electron chi connectivity index (χ3n) is 16.7. The topological polar surface area (TPSA) is 104 Å². The van der Waals surface area contributed by atoms with Crippen molar-refractivity contribution in [2.75, 3.05) is 6.61 Å². The zero-order chi connectivity index (χ0) is 38.2. The van der Waals surface area contributed by atoms with Gasteiger partial charge in [-0.05, 0) is 111 Å². The van der Waals surface area contributed by atoms with Gasteiger partial charge in [-0.1, -0.05) is 125 Å². The Kier molecular flexibility index (Phi) is 15.8. The molecule has 0 spiro atoms. The summed E-state index contributed by atoms with van der Waals surface area (Å²) in [4.78, 5) is 26.0. The van der Waals surface area contributed by atoms with E-state index < -0.39 is 29.2 Å². The van der Waals surface area contributed by atoms with Gasteiger partial charge in [0.2, 0.25) is 0 Å². The molecule has 5 aliphatic carbocycles. The molecule has 13 atom stereocenters. The summed E-state index contributed by atoms with van der Waals surface area (Å²) < 4.78 is 5.81. The predicted octanol–water partition coefficient (Wildman–Crippen LogP) is 10.8. The number of ketones is 1. The van der Waals surface area contributed by atoms with E-state index in [-0.39, 0.29) is 29.6 Å². The van der Waals surface area contributed by atoms with Crippen molar-refractivity contribution in [1.29, 1.82) is 0 Å². The SMILES string of the molecule is CCCCCCCCCCCCCCCCCOC(=O)C[C@@](O)([C@H](O)C[C@@H](C)[C@@H]1C[C@H]1C)[C@H]1CC[C@H]2[C@@H]3CC[C@H]4CC(=O)CC[C@]4(C)[C@H]3C[C@@H](O)[C@]12C. The summed E-state index contributed by atoms with van der Waals surface area (Å²) in [5.41, 5.74) is -2.16. The second kappa shape index (κ2) is 19.4. The van der Waals surface area contributed by atoms with Crippen LogP contribution in [0.25, 0.3) is 0 Å². The van der Waals surface area contributed by atoms with Gasteiger partial charge < -0.3 is 20.1 Å². The van der Waals surface area contributed by atoms with Crippen LogP contribution in [0, 0.1) is 58.2 Å². The molecule has 0 unspecified atom stereocenters. The van der Waals surface area contributed by atoms with Gasteiger partial charge in [-0.25, -0.2) is 0 Å². The summed E-state index contributed by atoms with van der Waals surface area (Å²) in [6.07, 6.45) is 25.7. The van der Waals surface area contributed by atoms with E-state index in [4.69, 9.17) is 4.74 Å². The van der Waals surface area contributed by atoms with Crippen LogP contribution in [0.3, 0.4) is 0 Å². The van der Waals surface area contributed by atoms with Crippen LogP contribution in [0.4, 0.5) is 0 Å². The number of carbonyl (C=O) groups excluding carboxylic acids is 2. The lowest BCUT2D eigenvalue weighted by Crippen LogP contribution is -2.63. The number of esters is 1. The van der Waals surface area contributed by atoms with Gasteiger partial charge in [0.15, 0.2) is 0 Å². The molecule has 6 nitrogen and oxygen atoms in total. The van der Waals surface area contributed by atoms with E-state index in [1.807, 2.05) is 0 Å². The molecule has 0 saturated heterocycles. The third kappa shape index (κ3) is 10.1. The van der Waals surface area contributed by atoms with E-state index in [0.29, 0.717) is 74.1 Å². The smallest absolute Gasteiger partial charge is 0.308 e. The standard InChI is InChI=1S/C47H82O6/c1-6-7-8-9-10-11-12-13-14-15-16-17-18-19-20-27-53-44(51)32-47(52,43(50)29-34(3)38-28-33(38)2)41-24-23-39-37-22-21-35-30-36(48)25-26-45(35,4)40(37)31-42(49)46(39,41)5/h33-35,37-43,49-50,52H,6-32H2,1-5H3/t33-,34-,35+,37+,38-,39+,40+,41+,42-,43-,45+,46+,47+/m1/s1. The lowest BCUT2D eigenvalue weighted by atomic mass is 9.43. The summed E-state index contributed by atoms with van der Waals surface area (Å²) in [5.74, 6) is 2.50. The first-order chi connectivity index (χ1) is 25.4. The molecule has 0 amide bonds. The molecule has 306 valence electrons. The number of fused-ring (bicyclic) bond motifs is 5. The first-order valence-electron chi connectivity index (χ1n) is 23.1. The van der Waals surface area contributed by atoms with Crippen molar-refractivity contribution >= 4 is 11.8 Å². The van der Waals surface area contributed by atoms with Crippen molar-refractivity contribution in [3.05, 3.63) is 0 Å². The maximum absolute atomic E-state index is 13.6. The third-order valence-corrected chi connectivity index (χ3v) is 16.7. The number of Topliss-reactive ketones (excluding diaryl/α,β-unsaturated/α-hetero) is 1. The number of unbranched alkanes of at least 4 members (excludes halogenated alkanes) is 14. The molecule has 0 aromatic rings. The fraction of sp³-hybridized carbons (Fsp3) is 0.957. The van der Waals surface area contributed by atoms with Gasteiger partial charge in [0, 0.05) is 18.3 Å². The Bertz CT molecular complexity index is 1160. The molecule has 0 aliphatic heterocycles. The van der Waals surface area contributed by atoms with Gasteiger partial charge in [0.25, 0.3) is 0 Å². The highest BCUT2D eigenvalue weighted by Gasteiger charge is 2.67. The number of rotatable bonds is 23. The number of aliphatic hydroxyl groups is 3. The van der Waals surface area contributed by atoms with Crippen LogP contribution in [-0.4, -0.2) is 51.5 Å². The normalized spacial score (nSPS) is 37.2. The Morgan fingerprint density at radius 3 is 2.04 bits per heavy atom. The minimum absolute atomic E-state index is 0.0696. The van der Waals surface area contributed by atoms with Crippen LogP contribution in [0.1, 0.15) is 202 Å². The molecule has 5 fully saturated rings. The van der Waals surface area contributed by atoms with Gasteiger partial charge in [-0.15, -0.1) is 0 Å². The largest absolute Gasteiger partial charge is 0.466 e. The van der Waals surface area contributed by atoms with Crippen LogP contribution in [0.5, 0.6) is 0 Å². The van der Waals surface area contributed by atoms with Gasteiger partial charge in [0.1, 0.15) is 11.4 Å². The summed E-state index contributed by atoms with van der Waals surface area (Å²) in [5, 5.41) is 37.0. The first-order valence-corrected chi connectivity index (χ1v) is 23.1. The summed E-state index contributed by atoms with van der Waals surface area (Å²) in [6, 6.07) is 0. The second-order valence-electron chi connectivity index (χ2n) is 20.1. The molecule has 0 aromatic carbocycles. The lowest BCUT2D eigenvalue weighted by molar-refractivity contribution is -0.212. The lowest BCUT2D eigenvalue weighted by Gasteiger charge is -2.62. The summed E-state index contributed by atoms with van der Waals surface area (Å²) in [6.45, 7) is 11.6. The number of hydrogen-bond donors (Lipinski definition) is 3. The minimum Gasteiger partial charge on any atom is -0.466 e. The molecule has 5 aliphatic rings. The summed E-state index contributed by atoms with van der Waals surface area (Å²) in [7, 11) is 0. The van der Waals surface area contributed by atoms with Gasteiger partial charge in [-0.3, -0.25) is 9.59 Å². The van der Waals surface area contributed by atoms with E-state index in [0.717, 1.165) is 51.4 Å². The van der Waals surface area contributed by atoms with Crippen molar-refractivity contribution in [2.45, 2.75) is 219 Å². The summed E-state index contributed by atoms with van der Waals surface area (Å²) >= 11 is 0. The Morgan fingerprint density at radius 2 is 1.45 bits per heavy atom. The molecule has 0 heterocycles. The zero-order valence-electron chi connectivity index (χ0n) is 34.9. The highest BCUT2D eigenvalue weighted by Crippen LogP contribution is 2.69. The Balaban J connectivity index is 1.12. The van der Waals surface area contributed by atoms with Gasteiger partial charge >= 0.3 is 5.97 Å². The van der Waals surface area contributed by atoms with E-state index in [9.17, 15) is 24.9 Å². The molecular formula is C47H82O6. The average molecular weight is 743 g/mol. The van der Waals surface area contributed by atoms with Gasteiger partial charge in [0.05, 0.1) is 25.2 Å². The highest BCUT2D eigenvalue weighted by molar-refractivity contribution is 5.79. The Labute approximate surface area is 324 Å². The molecule has 0 radical (unpaired) electrons. The second-order valence-corrected chi connectivity index (χ2v) is 20.1. The molecule has 6 heteroatoms. The van der Waals surface area contributed by atoms with Crippen molar-refractivity contribution in [3.8, 4) is 0 Å². The number of hydrogen-bond acceptors (Lipinski definition) is 6. The van der Waals surface area contributed by atoms with Crippen molar-refractivity contribution < 1.29 is 29.6 Å². The molecule has 5 rings (SSSR count). The molecule has 0 bridgehead atoms. The van der Waals surface area contributed by atoms with Crippen molar-refractivity contribution in [1.82, 2.24) is 0 Å². The fourth-order valence-electron chi connectivity index (χ4n) is 13.1. The van der Waals surface area contributed by atoms with E-state index in [1.54, 1.807) is 0 Å². The van der Waals surface area contributed by atoms with Crippen molar-refractivity contribution in [2.24, 2.45) is 58.2 Å². The van der Waals surface area contributed by atoms with Crippen LogP contribution in [-0.2, 0) is 14.3 Å². The minimum atomic E-state index is -1.64. The maximum Gasteiger partial charge on any atom is 0.308 e. The molecule has 3 N–H and O–H groups in total. The van der Waals surface area contributed by atoms with Crippen LogP contribution in [0.2, 0.25) is 0 Å². The number of carbonyl (C=O) groups is 2. The maximum atomic E-state index is 13.6. The fourth-order valence-corrected chi connectivity index (χ4v) is 13.1. The highest BCUT2D eigenvalue weighted by atomic mass is 16.5. The van der Waals surface area contributed by atoms with E-state index >= 15 is 0 Å². The van der Waals surface area contributed by atoms with Crippen LogP contribution in [0.15, 0.2) is 0 Å². The molecular weight excluding hydrogens is 661 g/mol. The monoisotopic (exact) mass is 743 g/mol. The van der Waals surface area contributed by atoms with E-state index in [2.05, 4.69) is 34.6 Å². The molecule has 0 aromatic heterocycles. The van der Waals surface area contributed by atoms with Crippen molar-refractivity contribution in [3.63, 3.8) is 0 Å².